The lowest BCUT2D eigenvalue weighted by molar-refractivity contribution is -0.115. The van der Waals surface area contributed by atoms with E-state index >= 15 is 0 Å². The second kappa shape index (κ2) is 6.66. The molecule has 0 radical (unpaired) electrons. The molecule has 8 heteroatoms. The van der Waals surface area contributed by atoms with Gasteiger partial charge in [-0.25, -0.2) is 4.68 Å². The zero-order chi connectivity index (χ0) is 16.3. The molecule has 118 valence electrons. The summed E-state index contributed by atoms with van der Waals surface area (Å²) in [4.78, 5) is 12.3. The molecule has 1 atom stereocenters. The molecule has 0 saturated carbocycles. The maximum atomic E-state index is 12.3. The first-order valence-electron chi connectivity index (χ1n) is 6.79. The van der Waals surface area contributed by atoms with Crippen molar-refractivity contribution in [3.8, 4) is 0 Å². The second-order valence-corrected chi connectivity index (χ2v) is 7.55. The quantitative estimate of drug-likeness (QED) is 0.866. The fraction of sp³-hybridized carbons (Fsp3) is 0.429. The molecule has 2 rings (SSSR count). The molecule has 0 spiro atoms. The molecule has 1 aromatic carbocycles. The van der Waals surface area contributed by atoms with Gasteiger partial charge in [-0.05, 0) is 56.3 Å². The molecule has 0 aliphatic carbocycles. The van der Waals surface area contributed by atoms with Crippen LogP contribution in [-0.4, -0.2) is 31.4 Å². The van der Waals surface area contributed by atoms with Crippen LogP contribution >= 0.6 is 23.4 Å². The summed E-state index contributed by atoms with van der Waals surface area (Å²) in [5, 5.41) is 15.3. The van der Waals surface area contributed by atoms with Gasteiger partial charge in [0, 0.05) is 10.7 Å². The SMILES string of the molecule is CC(Sc1nnnn1C(C)(C)C)C(=O)Nc1cccc(Cl)c1. The van der Waals surface area contributed by atoms with Gasteiger partial charge in [0.1, 0.15) is 0 Å². The minimum atomic E-state index is -0.342. The van der Waals surface area contributed by atoms with Gasteiger partial charge in [0.2, 0.25) is 11.1 Å². The number of anilines is 1. The van der Waals surface area contributed by atoms with Gasteiger partial charge in [-0.15, -0.1) is 5.10 Å². The Morgan fingerprint density at radius 3 is 2.77 bits per heavy atom. The van der Waals surface area contributed by atoms with Crippen LogP contribution in [0.15, 0.2) is 29.4 Å². The molecule has 6 nitrogen and oxygen atoms in total. The van der Waals surface area contributed by atoms with Crippen molar-refractivity contribution in [3.05, 3.63) is 29.3 Å². The average Bonchev–Trinajstić information content (AvgIpc) is 2.86. The van der Waals surface area contributed by atoms with Gasteiger partial charge in [0.05, 0.1) is 10.8 Å². The summed E-state index contributed by atoms with van der Waals surface area (Å²) < 4.78 is 1.71. The van der Waals surface area contributed by atoms with Crippen molar-refractivity contribution >= 4 is 35.0 Å². The molecule has 0 fully saturated rings. The molecular weight excluding hydrogens is 322 g/mol. The molecule has 2 aromatic rings. The molecule has 0 saturated heterocycles. The Hall–Kier alpha value is -1.60. The zero-order valence-electron chi connectivity index (χ0n) is 12.9. The van der Waals surface area contributed by atoms with Crippen LogP contribution in [0.1, 0.15) is 27.7 Å². The van der Waals surface area contributed by atoms with E-state index in [0.717, 1.165) is 0 Å². The van der Waals surface area contributed by atoms with Gasteiger partial charge in [-0.3, -0.25) is 4.79 Å². The largest absolute Gasteiger partial charge is 0.325 e. The van der Waals surface area contributed by atoms with Crippen LogP contribution < -0.4 is 5.32 Å². The number of halogens is 1. The van der Waals surface area contributed by atoms with Crippen LogP contribution in [0, 0.1) is 0 Å². The van der Waals surface area contributed by atoms with E-state index in [2.05, 4.69) is 20.8 Å². The Morgan fingerprint density at radius 1 is 1.41 bits per heavy atom. The van der Waals surface area contributed by atoms with E-state index in [0.29, 0.717) is 15.9 Å². The Bertz CT molecular complexity index is 667. The molecule has 0 aliphatic heterocycles. The molecule has 1 unspecified atom stereocenters. The van der Waals surface area contributed by atoms with Crippen molar-refractivity contribution in [2.24, 2.45) is 0 Å². The summed E-state index contributed by atoms with van der Waals surface area (Å²) in [5.41, 5.74) is 0.426. The summed E-state index contributed by atoms with van der Waals surface area (Å²) >= 11 is 7.22. The third-order valence-corrected chi connectivity index (χ3v) is 4.09. The lowest BCUT2D eigenvalue weighted by Crippen LogP contribution is -2.27. The Balaban J connectivity index is 2.05. The molecule has 1 heterocycles. The number of tetrazole rings is 1. The van der Waals surface area contributed by atoms with Crippen molar-refractivity contribution in [2.45, 2.75) is 43.6 Å². The Labute approximate surface area is 138 Å². The van der Waals surface area contributed by atoms with Crippen molar-refractivity contribution in [1.82, 2.24) is 20.2 Å². The highest BCUT2D eigenvalue weighted by molar-refractivity contribution is 8.00. The summed E-state index contributed by atoms with van der Waals surface area (Å²) in [7, 11) is 0. The smallest absolute Gasteiger partial charge is 0.237 e. The van der Waals surface area contributed by atoms with Crippen molar-refractivity contribution < 1.29 is 4.79 Å². The number of rotatable bonds is 4. The summed E-state index contributed by atoms with van der Waals surface area (Å²) in [6.07, 6.45) is 0. The summed E-state index contributed by atoms with van der Waals surface area (Å²) in [6.45, 7) is 7.82. The Kier molecular flexibility index (Phi) is 5.08. The number of hydrogen-bond acceptors (Lipinski definition) is 5. The fourth-order valence-corrected chi connectivity index (χ4v) is 2.86. The maximum Gasteiger partial charge on any atom is 0.237 e. The minimum absolute atomic E-state index is 0.129. The van der Waals surface area contributed by atoms with E-state index in [-0.39, 0.29) is 16.7 Å². The number of benzene rings is 1. The number of carbonyl (C=O) groups is 1. The molecule has 22 heavy (non-hydrogen) atoms. The van der Waals surface area contributed by atoms with Gasteiger partial charge in [-0.1, -0.05) is 29.4 Å². The average molecular weight is 340 g/mol. The Morgan fingerprint density at radius 2 is 2.14 bits per heavy atom. The zero-order valence-corrected chi connectivity index (χ0v) is 14.4. The summed E-state index contributed by atoms with van der Waals surface area (Å²) in [6, 6.07) is 7.04. The van der Waals surface area contributed by atoms with Crippen molar-refractivity contribution in [1.29, 1.82) is 0 Å². The third kappa shape index (κ3) is 4.20. The molecule has 0 aliphatic rings. The number of amides is 1. The van der Waals surface area contributed by atoms with Crippen LogP contribution in [0.25, 0.3) is 0 Å². The van der Waals surface area contributed by atoms with Crippen molar-refractivity contribution in [2.75, 3.05) is 5.32 Å². The minimum Gasteiger partial charge on any atom is -0.325 e. The first kappa shape index (κ1) is 16.8. The standard InChI is InChI=1S/C14H18ClN5OS/c1-9(12(21)16-11-7-5-6-10(15)8-11)22-13-17-18-19-20(13)14(2,3)4/h5-9H,1-4H3,(H,16,21). The molecular formula is C14H18ClN5OS. The highest BCUT2D eigenvalue weighted by Crippen LogP contribution is 2.26. The predicted octanol–water partition coefficient (Wildman–Crippen LogP) is 3.20. The fourth-order valence-electron chi connectivity index (χ4n) is 1.70. The first-order valence-corrected chi connectivity index (χ1v) is 8.05. The van der Waals surface area contributed by atoms with E-state index in [4.69, 9.17) is 11.6 Å². The highest BCUT2D eigenvalue weighted by Gasteiger charge is 2.24. The number of nitrogens with zero attached hydrogens (tertiary/aromatic N) is 4. The first-order chi connectivity index (χ1) is 10.3. The van der Waals surface area contributed by atoms with Gasteiger partial charge < -0.3 is 5.32 Å². The van der Waals surface area contributed by atoms with Crippen LogP contribution in [0.5, 0.6) is 0 Å². The lowest BCUT2D eigenvalue weighted by atomic mass is 10.1. The van der Waals surface area contributed by atoms with E-state index in [1.165, 1.54) is 11.8 Å². The third-order valence-electron chi connectivity index (χ3n) is 2.82. The van der Waals surface area contributed by atoms with Crippen LogP contribution in [0.2, 0.25) is 5.02 Å². The molecule has 1 N–H and O–H groups in total. The number of aromatic nitrogens is 4. The van der Waals surface area contributed by atoms with Crippen LogP contribution in [0.4, 0.5) is 5.69 Å². The van der Waals surface area contributed by atoms with Gasteiger partial charge in [0.15, 0.2) is 0 Å². The predicted molar refractivity (Wildman–Crippen MR) is 88.2 cm³/mol. The summed E-state index contributed by atoms with van der Waals surface area (Å²) in [5.74, 6) is -0.129. The normalized spacial score (nSPS) is 13.0. The lowest BCUT2D eigenvalue weighted by Gasteiger charge is -2.20. The van der Waals surface area contributed by atoms with E-state index < -0.39 is 0 Å². The molecule has 1 amide bonds. The van der Waals surface area contributed by atoms with Gasteiger partial charge in [-0.2, -0.15) is 0 Å². The van der Waals surface area contributed by atoms with E-state index in [9.17, 15) is 4.79 Å². The number of thioether (sulfide) groups is 1. The molecule has 0 bridgehead atoms. The topological polar surface area (TPSA) is 72.7 Å². The van der Waals surface area contributed by atoms with Crippen LogP contribution in [-0.2, 0) is 10.3 Å². The van der Waals surface area contributed by atoms with Gasteiger partial charge >= 0.3 is 0 Å². The van der Waals surface area contributed by atoms with Gasteiger partial charge in [0.25, 0.3) is 0 Å². The molecule has 1 aromatic heterocycles. The number of nitrogens with one attached hydrogen (secondary N) is 1. The van der Waals surface area contributed by atoms with Crippen LogP contribution in [0.3, 0.4) is 0 Å². The van der Waals surface area contributed by atoms with Crippen molar-refractivity contribution in [3.63, 3.8) is 0 Å². The van der Waals surface area contributed by atoms with E-state index in [1.54, 1.807) is 28.9 Å². The monoisotopic (exact) mass is 339 g/mol. The highest BCUT2D eigenvalue weighted by atomic mass is 35.5. The second-order valence-electron chi connectivity index (χ2n) is 5.80. The number of carbonyl (C=O) groups excluding carboxylic acids is 1. The van der Waals surface area contributed by atoms with E-state index in [1.807, 2.05) is 27.7 Å². The number of hydrogen-bond donors (Lipinski definition) is 1. The maximum absolute atomic E-state index is 12.3.